The van der Waals surface area contributed by atoms with Crippen molar-refractivity contribution in [3.05, 3.63) is 0 Å². The Bertz CT molecular complexity index is 323. The van der Waals surface area contributed by atoms with Gasteiger partial charge in [0.05, 0.1) is 5.92 Å². The molecule has 0 aliphatic carbocycles. The summed E-state index contributed by atoms with van der Waals surface area (Å²) in [4.78, 5) is 35.8. The third-order valence-electron chi connectivity index (χ3n) is 2.96. The number of carbonyl (C=O) groups is 3. The molecule has 88 valence electrons. The van der Waals surface area contributed by atoms with Crippen molar-refractivity contribution in [1.29, 1.82) is 0 Å². The van der Waals surface area contributed by atoms with Crippen molar-refractivity contribution < 1.29 is 14.4 Å². The van der Waals surface area contributed by atoms with Gasteiger partial charge in [0, 0.05) is 39.0 Å². The summed E-state index contributed by atoms with van der Waals surface area (Å²) in [6.07, 6.45) is 0.300. The Labute approximate surface area is 93.4 Å². The van der Waals surface area contributed by atoms with Gasteiger partial charge in [-0.25, -0.2) is 0 Å². The average molecular weight is 225 g/mol. The lowest BCUT2D eigenvalue weighted by molar-refractivity contribution is -0.135. The topological polar surface area (TPSA) is 78.5 Å². The number of rotatable bonds is 2. The van der Waals surface area contributed by atoms with Gasteiger partial charge < -0.3 is 10.2 Å². The molecule has 6 nitrogen and oxygen atoms in total. The van der Waals surface area contributed by atoms with Gasteiger partial charge in [-0.2, -0.15) is 0 Å². The summed E-state index contributed by atoms with van der Waals surface area (Å²) in [7, 11) is 0. The molecule has 0 aromatic carbocycles. The van der Waals surface area contributed by atoms with E-state index in [9.17, 15) is 14.4 Å². The van der Waals surface area contributed by atoms with E-state index in [-0.39, 0.29) is 30.6 Å². The number of imide groups is 1. The molecular weight excluding hydrogens is 210 g/mol. The van der Waals surface area contributed by atoms with E-state index < -0.39 is 5.92 Å². The van der Waals surface area contributed by atoms with Gasteiger partial charge in [0.25, 0.3) is 0 Å². The highest BCUT2D eigenvalue weighted by molar-refractivity contribution is 6.04. The molecule has 0 aromatic rings. The molecule has 0 aromatic heterocycles. The quantitative estimate of drug-likeness (QED) is 0.559. The van der Waals surface area contributed by atoms with Crippen LogP contribution in [0, 0.1) is 5.92 Å². The normalized spacial score (nSPS) is 25.8. The van der Waals surface area contributed by atoms with Crippen LogP contribution in [0.1, 0.15) is 12.8 Å². The first kappa shape index (κ1) is 11.1. The van der Waals surface area contributed by atoms with Gasteiger partial charge in [-0.15, -0.1) is 0 Å². The first-order valence-electron chi connectivity index (χ1n) is 5.49. The van der Waals surface area contributed by atoms with Crippen LogP contribution >= 0.6 is 0 Å². The SMILES string of the molecule is O=C1CC(CC(=O)N2CCNCC2)C(=O)N1. The Morgan fingerprint density at radius 3 is 2.56 bits per heavy atom. The molecule has 0 saturated carbocycles. The zero-order valence-corrected chi connectivity index (χ0v) is 8.99. The van der Waals surface area contributed by atoms with Crippen LogP contribution in [0.3, 0.4) is 0 Å². The summed E-state index contributed by atoms with van der Waals surface area (Å²) in [5.41, 5.74) is 0. The van der Waals surface area contributed by atoms with Crippen LogP contribution in [0.2, 0.25) is 0 Å². The number of nitrogens with one attached hydrogen (secondary N) is 2. The molecule has 2 N–H and O–H groups in total. The minimum Gasteiger partial charge on any atom is -0.340 e. The molecule has 0 radical (unpaired) electrons. The second-order valence-corrected chi connectivity index (χ2v) is 4.15. The van der Waals surface area contributed by atoms with E-state index in [0.717, 1.165) is 13.1 Å². The Kier molecular flexibility index (Phi) is 3.19. The summed E-state index contributed by atoms with van der Waals surface area (Å²) < 4.78 is 0. The average Bonchev–Trinajstić information content (AvgIpc) is 2.59. The van der Waals surface area contributed by atoms with Crippen LogP contribution in [0.25, 0.3) is 0 Å². The van der Waals surface area contributed by atoms with Crippen LogP contribution in [0.5, 0.6) is 0 Å². The maximum absolute atomic E-state index is 11.8. The number of carbonyl (C=O) groups excluding carboxylic acids is 3. The van der Waals surface area contributed by atoms with Crippen molar-refractivity contribution in [3.8, 4) is 0 Å². The summed E-state index contributed by atoms with van der Waals surface area (Å²) in [6.45, 7) is 2.95. The summed E-state index contributed by atoms with van der Waals surface area (Å²) in [6, 6.07) is 0. The van der Waals surface area contributed by atoms with Crippen LogP contribution in [-0.2, 0) is 14.4 Å². The molecule has 1 unspecified atom stereocenters. The van der Waals surface area contributed by atoms with Gasteiger partial charge in [0.1, 0.15) is 0 Å². The molecule has 3 amide bonds. The van der Waals surface area contributed by atoms with Crippen molar-refractivity contribution >= 4 is 17.7 Å². The fourth-order valence-corrected chi connectivity index (χ4v) is 2.03. The maximum atomic E-state index is 11.8. The lowest BCUT2D eigenvalue weighted by Gasteiger charge is -2.28. The summed E-state index contributed by atoms with van der Waals surface area (Å²) >= 11 is 0. The summed E-state index contributed by atoms with van der Waals surface area (Å²) in [5.74, 6) is -1.08. The van der Waals surface area contributed by atoms with Crippen molar-refractivity contribution in [1.82, 2.24) is 15.5 Å². The standard InChI is InChI=1S/C10H15N3O3/c14-8-5-7(10(16)12-8)6-9(15)13-3-1-11-2-4-13/h7,11H,1-6H2,(H,12,14,16). The molecule has 2 aliphatic rings. The van der Waals surface area contributed by atoms with Gasteiger partial charge in [-0.1, -0.05) is 0 Å². The number of piperazine rings is 1. The van der Waals surface area contributed by atoms with E-state index in [1.165, 1.54) is 0 Å². The molecular formula is C10H15N3O3. The minimum atomic E-state index is -0.463. The Morgan fingerprint density at radius 1 is 1.31 bits per heavy atom. The molecule has 2 aliphatic heterocycles. The molecule has 1 atom stereocenters. The second-order valence-electron chi connectivity index (χ2n) is 4.15. The zero-order chi connectivity index (χ0) is 11.5. The maximum Gasteiger partial charge on any atom is 0.230 e. The third-order valence-corrected chi connectivity index (χ3v) is 2.96. The highest BCUT2D eigenvalue weighted by atomic mass is 16.2. The van der Waals surface area contributed by atoms with E-state index in [1.807, 2.05) is 0 Å². The first-order valence-corrected chi connectivity index (χ1v) is 5.49. The van der Waals surface area contributed by atoms with E-state index in [0.29, 0.717) is 13.1 Å². The van der Waals surface area contributed by atoms with Crippen molar-refractivity contribution in [2.45, 2.75) is 12.8 Å². The fraction of sp³-hybridized carbons (Fsp3) is 0.700. The predicted molar refractivity (Wildman–Crippen MR) is 55.3 cm³/mol. The molecule has 2 fully saturated rings. The van der Waals surface area contributed by atoms with Crippen LogP contribution in [0.4, 0.5) is 0 Å². The van der Waals surface area contributed by atoms with Gasteiger partial charge >= 0.3 is 0 Å². The molecule has 6 heteroatoms. The van der Waals surface area contributed by atoms with Gasteiger partial charge in [0.2, 0.25) is 17.7 Å². The fourth-order valence-electron chi connectivity index (χ4n) is 2.03. The van der Waals surface area contributed by atoms with Gasteiger partial charge in [-0.3, -0.25) is 19.7 Å². The van der Waals surface area contributed by atoms with Crippen LogP contribution in [0.15, 0.2) is 0 Å². The van der Waals surface area contributed by atoms with Crippen molar-refractivity contribution in [3.63, 3.8) is 0 Å². The number of amides is 3. The summed E-state index contributed by atoms with van der Waals surface area (Å²) in [5, 5.41) is 5.37. The number of nitrogens with zero attached hydrogens (tertiary/aromatic N) is 1. The van der Waals surface area contributed by atoms with E-state index in [4.69, 9.17) is 0 Å². The number of hydrogen-bond donors (Lipinski definition) is 2. The minimum absolute atomic E-state index is 0.0312. The highest BCUT2D eigenvalue weighted by Gasteiger charge is 2.33. The molecule has 2 saturated heterocycles. The van der Waals surface area contributed by atoms with E-state index >= 15 is 0 Å². The van der Waals surface area contributed by atoms with Crippen LogP contribution < -0.4 is 10.6 Å². The zero-order valence-electron chi connectivity index (χ0n) is 8.99. The highest BCUT2D eigenvalue weighted by Crippen LogP contribution is 2.16. The lowest BCUT2D eigenvalue weighted by Crippen LogP contribution is -2.47. The Balaban J connectivity index is 1.86. The predicted octanol–water partition coefficient (Wildman–Crippen LogP) is -1.53. The van der Waals surface area contributed by atoms with Crippen molar-refractivity contribution in [2.75, 3.05) is 26.2 Å². The second kappa shape index (κ2) is 4.61. The number of hydrogen-bond acceptors (Lipinski definition) is 4. The molecule has 0 bridgehead atoms. The molecule has 0 spiro atoms. The van der Waals surface area contributed by atoms with Crippen LogP contribution in [-0.4, -0.2) is 48.8 Å². The third kappa shape index (κ3) is 2.38. The van der Waals surface area contributed by atoms with Gasteiger partial charge in [0.15, 0.2) is 0 Å². The molecule has 2 rings (SSSR count). The van der Waals surface area contributed by atoms with Crippen molar-refractivity contribution in [2.24, 2.45) is 5.92 Å². The van der Waals surface area contributed by atoms with Gasteiger partial charge in [-0.05, 0) is 0 Å². The Morgan fingerprint density at radius 2 is 2.00 bits per heavy atom. The van der Waals surface area contributed by atoms with E-state index in [1.54, 1.807) is 4.90 Å². The molecule has 2 heterocycles. The lowest BCUT2D eigenvalue weighted by atomic mass is 10.0. The molecule has 16 heavy (non-hydrogen) atoms. The first-order chi connectivity index (χ1) is 7.66. The van der Waals surface area contributed by atoms with E-state index in [2.05, 4.69) is 10.6 Å². The Hall–Kier alpha value is -1.43. The smallest absolute Gasteiger partial charge is 0.230 e. The monoisotopic (exact) mass is 225 g/mol. The largest absolute Gasteiger partial charge is 0.340 e.